The summed E-state index contributed by atoms with van der Waals surface area (Å²) in [6, 6.07) is 0.832. The van der Waals surface area contributed by atoms with E-state index in [0.717, 1.165) is 30.3 Å². The van der Waals surface area contributed by atoms with Gasteiger partial charge in [0.2, 0.25) is 0 Å². The monoisotopic (exact) mass is 223 g/mol. The Bertz CT molecular complexity index is 198. The van der Waals surface area contributed by atoms with Crippen molar-refractivity contribution in [3.8, 4) is 0 Å². The topological polar surface area (TPSA) is 12.0 Å². The van der Waals surface area contributed by atoms with E-state index in [1.807, 2.05) is 0 Å². The standard InChI is InChI=1S/C15H29N/c1-3-16-15(11-13-7-5-8-13)14-9-4-6-12(2)10-14/h12-16H,3-11H2,1-2H3. The highest BCUT2D eigenvalue weighted by atomic mass is 14.9. The molecular weight excluding hydrogens is 194 g/mol. The fourth-order valence-corrected chi connectivity index (χ4v) is 3.64. The summed E-state index contributed by atoms with van der Waals surface area (Å²) in [6.45, 7) is 5.86. The summed E-state index contributed by atoms with van der Waals surface area (Å²) in [5.74, 6) is 3.01. The lowest BCUT2D eigenvalue weighted by Gasteiger charge is -2.37. The average Bonchev–Trinajstić information content (AvgIpc) is 2.21. The van der Waals surface area contributed by atoms with Gasteiger partial charge in [0, 0.05) is 6.04 Å². The second-order valence-electron chi connectivity index (χ2n) is 6.23. The Kier molecular flexibility index (Phi) is 4.69. The molecule has 0 aliphatic heterocycles. The van der Waals surface area contributed by atoms with Gasteiger partial charge in [0.1, 0.15) is 0 Å². The lowest BCUT2D eigenvalue weighted by molar-refractivity contribution is 0.173. The Balaban J connectivity index is 1.83. The average molecular weight is 223 g/mol. The van der Waals surface area contributed by atoms with Gasteiger partial charge in [0.25, 0.3) is 0 Å². The molecule has 1 N–H and O–H groups in total. The quantitative estimate of drug-likeness (QED) is 0.743. The molecule has 0 aromatic rings. The molecule has 16 heavy (non-hydrogen) atoms. The van der Waals surface area contributed by atoms with Gasteiger partial charge in [-0.15, -0.1) is 0 Å². The van der Waals surface area contributed by atoms with Crippen LogP contribution >= 0.6 is 0 Å². The molecule has 3 unspecified atom stereocenters. The smallest absolute Gasteiger partial charge is 0.00979 e. The molecule has 0 aromatic carbocycles. The summed E-state index contributed by atoms with van der Waals surface area (Å²) in [7, 11) is 0. The van der Waals surface area contributed by atoms with E-state index < -0.39 is 0 Å². The lowest BCUT2D eigenvalue weighted by Crippen LogP contribution is -2.40. The molecule has 2 aliphatic rings. The van der Waals surface area contributed by atoms with Crippen molar-refractivity contribution in [3.63, 3.8) is 0 Å². The molecule has 0 amide bonds. The normalized spacial score (nSPS) is 33.4. The molecule has 94 valence electrons. The van der Waals surface area contributed by atoms with Crippen LogP contribution in [0.2, 0.25) is 0 Å². The first-order valence-electron chi connectivity index (χ1n) is 7.53. The SMILES string of the molecule is CCNC(CC1CCC1)C1CCCC(C)C1. The third-order valence-electron chi connectivity index (χ3n) is 4.82. The van der Waals surface area contributed by atoms with E-state index in [9.17, 15) is 0 Å². The van der Waals surface area contributed by atoms with Crippen LogP contribution in [0.5, 0.6) is 0 Å². The van der Waals surface area contributed by atoms with Gasteiger partial charge in [0.15, 0.2) is 0 Å². The molecular formula is C15H29N. The second-order valence-corrected chi connectivity index (χ2v) is 6.23. The molecule has 0 aromatic heterocycles. The van der Waals surface area contributed by atoms with Crippen LogP contribution in [0.3, 0.4) is 0 Å². The van der Waals surface area contributed by atoms with Crippen molar-refractivity contribution in [1.82, 2.24) is 5.32 Å². The van der Waals surface area contributed by atoms with Crippen molar-refractivity contribution >= 4 is 0 Å². The second kappa shape index (κ2) is 6.05. The number of rotatable bonds is 5. The maximum atomic E-state index is 3.77. The van der Waals surface area contributed by atoms with Crippen molar-refractivity contribution in [1.29, 1.82) is 0 Å². The van der Waals surface area contributed by atoms with Crippen LogP contribution in [0, 0.1) is 17.8 Å². The molecule has 0 bridgehead atoms. The fourth-order valence-electron chi connectivity index (χ4n) is 3.64. The van der Waals surface area contributed by atoms with Gasteiger partial charge in [-0.3, -0.25) is 0 Å². The molecule has 3 atom stereocenters. The summed E-state index contributed by atoms with van der Waals surface area (Å²) in [5.41, 5.74) is 0. The minimum absolute atomic E-state index is 0.832. The van der Waals surface area contributed by atoms with E-state index in [1.165, 1.54) is 51.4 Å². The first-order valence-corrected chi connectivity index (χ1v) is 7.53. The zero-order chi connectivity index (χ0) is 11.4. The Hall–Kier alpha value is -0.0400. The van der Waals surface area contributed by atoms with Crippen LogP contribution in [0.25, 0.3) is 0 Å². The summed E-state index contributed by atoms with van der Waals surface area (Å²) in [5, 5.41) is 3.77. The molecule has 2 rings (SSSR count). The summed E-state index contributed by atoms with van der Waals surface area (Å²) in [6.07, 6.45) is 11.9. The van der Waals surface area contributed by atoms with Gasteiger partial charge >= 0.3 is 0 Å². The summed E-state index contributed by atoms with van der Waals surface area (Å²) < 4.78 is 0. The largest absolute Gasteiger partial charge is 0.314 e. The third-order valence-corrected chi connectivity index (χ3v) is 4.82. The van der Waals surface area contributed by atoms with E-state index in [2.05, 4.69) is 19.2 Å². The van der Waals surface area contributed by atoms with Crippen molar-refractivity contribution in [2.24, 2.45) is 17.8 Å². The lowest BCUT2D eigenvalue weighted by atomic mass is 9.73. The zero-order valence-corrected chi connectivity index (χ0v) is 11.2. The number of hydrogen-bond donors (Lipinski definition) is 1. The minimum Gasteiger partial charge on any atom is -0.314 e. The van der Waals surface area contributed by atoms with Crippen LogP contribution < -0.4 is 5.32 Å². The Labute approximate surface area is 101 Å². The van der Waals surface area contributed by atoms with Gasteiger partial charge in [-0.1, -0.05) is 46.0 Å². The molecule has 1 heteroatoms. The van der Waals surface area contributed by atoms with Crippen LogP contribution in [0.4, 0.5) is 0 Å². The predicted molar refractivity (Wildman–Crippen MR) is 70.5 cm³/mol. The maximum absolute atomic E-state index is 3.77. The molecule has 0 radical (unpaired) electrons. The van der Waals surface area contributed by atoms with Gasteiger partial charge < -0.3 is 5.32 Å². The Morgan fingerprint density at radius 3 is 2.44 bits per heavy atom. The molecule has 1 nitrogen and oxygen atoms in total. The van der Waals surface area contributed by atoms with Crippen molar-refractivity contribution in [2.75, 3.05) is 6.54 Å². The van der Waals surface area contributed by atoms with E-state index in [1.54, 1.807) is 0 Å². The molecule has 2 saturated carbocycles. The highest BCUT2D eigenvalue weighted by molar-refractivity contribution is 4.85. The highest BCUT2D eigenvalue weighted by Gasteiger charge is 2.29. The van der Waals surface area contributed by atoms with E-state index in [4.69, 9.17) is 0 Å². The molecule has 0 spiro atoms. The van der Waals surface area contributed by atoms with E-state index in [-0.39, 0.29) is 0 Å². The van der Waals surface area contributed by atoms with Crippen LogP contribution in [0.1, 0.15) is 65.2 Å². The van der Waals surface area contributed by atoms with E-state index >= 15 is 0 Å². The van der Waals surface area contributed by atoms with Gasteiger partial charge in [-0.25, -0.2) is 0 Å². The van der Waals surface area contributed by atoms with E-state index in [0.29, 0.717) is 0 Å². The van der Waals surface area contributed by atoms with Gasteiger partial charge in [0.05, 0.1) is 0 Å². The highest BCUT2D eigenvalue weighted by Crippen LogP contribution is 2.37. The van der Waals surface area contributed by atoms with Gasteiger partial charge in [-0.05, 0) is 43.6 Å². The minimum atomic E-state index is 0.832. The first kappa shape index (κ1) is 12.4. The van der Waals surface area contributed by atoms with Crippen LogP contribution in [0.15, 0.2) is 0 Å². The van der Waals surface area contributed by atoms with Crippen LogP contribution in [-0.2, 0) is 0 Å². The number of nitrogens with one attached hydrogen (secondary N) is 1. The van der Waals surface area contributed by atoms with Crippen molar-refractivity contribution in [3.05, 3.63) is 0 Å². The Morgan fingerprint density at radius 1 is 1.12 bits per heavy atom. The van der Waals surface area contributed by atoms with Crippen LogP contribution in [-0.4, -0.2) is 12.6 Å². The summed E-state index contributed by atoms with van der Waals surface area (Å²) >= 11 is 0. The van der Waals surface area contributed by atoms with Crippen molar-refractivity contribution < 1.29 is 0 Å². The predicted octanol–water partition coefficient (Wildman–Crippen LogP) is 3.98. The fraction of sp³-hybridized carbons (Fsp3) is 1.00. The molecule has 2 aliphatic carbocycles. The zero-order valence-electron chi connectivity index (χ0n) is 11.2. The Morgan fingerprint density at radius 2 is 1.88 bits per heavy atom. The summed E-state index contributed by atoms with van der Waals surface area (Å²) in [4.78, 5) is 0. The molecule has 0 heterocycles. The maximum Gasteiger partial charge on any atom is 0.00979 e. The first-order chi connectivity index (χ1) is 7.79. The number of hydrogen-bond acceptors (Lipinski definition) is 1. The van der Waals surface area contributed by atoms with Gasteiger partial charge in [-0.2, -0.15) is 0 Å². The molecule has 2 fully saturated rings. The van der Waals surface area contributed by atoms with Crippen molar-refractivity contribution in [2.45, 2.75) is 71.3 Å². The third kappa shape index (κ3) is 3.23. The molecule has 0 saturated heterocycles.